The summed E-state index contributed by atoms with van der Waals surface area (Å²) in [6.07, 6.45) is 4.61. The highest BCUT2D eigenvalue weighted by Crippen LogP contribution is 2.29. The number of pyridine rings is 1. The zero-order valence-electron chi connectivity index (χ0n) is 20.8. The molecular formula is C27H32N6O3. The largest absolute Gasteiger partial charge is 0.497 e. The van der Waals surface area contributed by atoms with Gasteiger partial charge in [-0.25, -0.2) is 4.68 Å². The molecule has 0 aliphatic heterocycles. The second kappa shape index (κ2) is 10.9. The van der Waals surface area contributed by atoms with Crippen molar-refractivity contribution in [1.82, 2.24) is 30.1 Å². The molecule has 5 rings (SSSR count). The summed E-state index contributed by atoms with van der Waals surface area (Å²) in [5.41, 5.74) is 2.50. The van der Waals surface area contributed by atoms with Gasteiger partial charge in [0.25, 0.3) is 5.56 Å². The topological polar surface area (TPSA) is 98.2 Å². The van der Waals surface area contributed by atoms with Crippen molar-refractivity contribution in [1.29, 1.82) is 0 Å². The van der Waals surface area contributed by atoms with Crippen LogP contribution in [0.1, 0.15) is 55.6 Å². The smallest absolute Gasteiger partial charge is 0.252 e. The van der Waals surface area contributed by atoms with E-state index in [1.807, 2.05) is 60.1 Å². The molecule has 1 fully saturated rings. The second-order valence-corrected chi connectivity index (χ2v) is 9.28. The molecule has 0 bridgehead atoms. The van der Waals surface area contributed by atoms with Gasteiger partial charge in [-0.2, -0.15) is 0 Å². The molecule has 1 aliphatic carbocycles. The first-order valence-electron chi connectivity index (χ1n) is 12.5. The van der Waals surface area contributed by atoms with E-state index in [9.17, 15) is 4.79 Å². The molecule has 2 heterocycles. The van der Waals surface area contributed by atoms with Crippen LogP contribution in [0.25, 0.3) is 10.9 Å². The lowest BCUT2D eigenvalue weighted by atomic mass is 10.1. The van der Waals surface area contributed by atoms with E-state index in [1.165, 1.54) is 12.8 Å². The molecular weight excluding hydrogens is 456 g/mol. The van der Waals surface area contributed by atoms with Crippen LogP contribution in [0.2, 0.25) is 0 Å². The Morgan fingerprint density at radius 2 is 1.81 bits per heavy atom. The SMILES string of the molecule is CCOc1ccc2[nH]c(=O)c(CN(Cc3ccc(OC)cc3)Cc3nnnn3C3CCCC3)cc2c1. The highest BCUT2D eigenvalue weighted by atomic mass is 16.5. The Labute approximate surface area is 210 Å². The van der Waals surface area contributed by atoms with Crippen molar-refractivity contribution in [2.24, 2.45) is 0 Å². The first kappa shape index (κ1) is 24.0. The average Bonchev–Trinajstić information content (AvgIpc) is 3.57. The molecule has 0 atom stereocenters. The fraction of sp³-hybridized carbons (Fsp3) is 0.407. The minimum Gasteiger partial charge on any atom is -0.497 e. The number of nitrogens with zero attached hydrogens (tertiary/aromatic N) is 5. The molecule has 0 radical (unpaired) electrons. The summed E-state index contributed by atoms with van der Waals surface area (Å²) in [6, 6.07) is 16.0. The third-order valence-electron chi connectivity index (χ3n) is 6.76. The van der Waals surface area contributed by atoms with Gasteiger partial charge in [-0.1, -0.05) is 25.0 Å². The summed E-state index contributed by atoms with van der Waals surface area (Å²) in [4.78, 5) is 18.3. The van der Waals surface area contributed by atoms with Crippen molar-refractivity contribution in [3.05, 3.63) is 75.8 Å². The summed E-state index contributed by atoms with van der Waals surface area (Å²) in [5, 5.41) is 13.6. The molecule has 2 aromatic carbocycles. The lowest BCUT2D eigenvalue weighted by molar-refractivity contribution is 0.231. The summed E-state index contributed by atoms with van der Waals surface area (Å²) in [7, 11) is 1.66. The number of methoxy groups -OCH3 is 1. The molecule has 1 saturated carbocycles. The molecule has 0 saturated heterocycles. The van der Waals surface area contributed by atoms with E-state index in [0.717, 1.165) is 46.6 Å². The fourth-order valence-electron chi connectivity index (χ4n) is 4.95. The molecule has 0 spiro atoms. The van der Waals surface area contributed by atoms with E-state index in [-0.39, 0.29) is 5.56 Å². The Morgan fingerprint density at radius 3 is 2.56 bits per heavy atom. The van der Waals surface area contributed by atoms with Crippen molar-refractivity contribution >= 4 is 10.9 Å². The van der Waals surface area contributed by atoms with Gasteiger partial charge in [-0.3, -0.25) is 9.69 Å². The van der Waals surface area contributed by atoms with E-state index in [0.29, 0.717) is 37.8 Å². The van der Waals surface area contributed by atoms with Crippen molar-refractivity contribution < 1.29 is 9.47 Å². The molecule has 1 aliphatic rings. The van der Waals surface area contributed by atoms with Crippen LogP contribution in [-0.2, 0) is 19.6 Å². The number of ether oxygens (including phenoxy) is 2. The second-order valence-electron chi connectivity index (χ2n) is 9.28. The van der Waals surface area contributed by atoms with Gasteiger partial charge in [0.15, 0.2) is 5.82 Å². The highest BCUT2D eigenvalue weighted by molar-refractivity contribution is 5.80. The molecule has 0 unspecified atom stereocenters. The van der Waals surface area contributed by atoms with Crippen LogP contribution < -0.4 is 15.0 Å². The van der Waals surface area contributed by atoms with Crippen LogP contribution in [0.3, 0.4) is 0 Å². The van der Waals surface area contributed by atoms with Gasteiger partial charge < -0.3 is 14.5 Å². The van der Waals surface area contributed by atoms with Crippen molar-refractivity contribution in [3.8, 4) is 11.5 Å². The van der Waals surface area contributed by atoms with E-state index >= 15 is 0 Å². The summed E-state index contributed by atoms with van der Waals surface area (Å²) >= 11 is 0. The van der Waals surface area contributed by atoms with Crippen LogP contribution >= 0.6 is 0 Å². The lowest BCUT2D eigenvalue weighted by Gasteiger charge is -2.23. The first-order chi connectivity index (χ1) is 17.6. The van der Waals surface area contributed by atoms with Crippen LogP contribution in [0.5, 0.6) is 11.5 Å². The van der Waals surface area contributed by atoms with E-state index in [1.54, 1.807) is 7.11 Å². The molecule has 36 heavy (non-hydrogen) atoms. The van der Waals surface area contributed by atoms with Crippen molar-refractivity contribution in [2.45, 2.75) is 58.3 Å². The van der Waals surface area contributed by atoms with Crippen molar-refractivity contribution in [3.63, 3.8) is 0 Å². The van der Waals surface area contributed by atoms with Gasteiger partial charge in [0.05, 0.1) is 26.3 Å². The van der Waals surface area contributed by atoms with Gasteiger partial charge >= 0.3 is 0 Å². The molecule has 188 valence electrons. The summed E-state index contributed by atoms with van der Waals surface area (Å²) < 4.78 is 12.9. The summed E-state index contributed by atoms with van der Waals surface area (Å²) in [6.45, 7) is 4.17. The third-order valence-corrected chi connectivity index (χ3v) is 6.76. The molecule has 9 heteroatoms. The highest BCUT2D eigenvalue weighted by Gasteiger charge is 2.23. The maximum Gasteiger partial charge on any atom is 0.252 e. The first-order valence-corrected chi connectivity index (χ1v) is 12.5. The molecule has 0 amide bonds. The Balaban J connectivity index is 1.45. The Morgan fingerprint density at radius 1 is 1.03 bits per heavy atom. The third kappa shape index (κ3) is 5.41. The minimum atomic E-state index is -0.0956. The monoisotopic (exact) mass is 488 g/mol. The quantitative estimate of drug-likeness (QED) is 0.356. The standard InChI is InChI=1S/C27H32N6O3/c1-3-36-24-12-13-25-20(15-24)14-21(27(34)28-25)17-32(16-19-8-10-23(35-2)11-9-19)18-26-29-30-31-33(26)22-6-4-5-7-22/h8-15,22H,3-7,16-18H2,1-2H3,(H,28,34). The predicted octanol–water partition coefficient (Wildman–Crippen LogP) is 4.24. The Bertz CT molecular complexity index is 1360. The molecule has 9 nitrogen and oxygen atoms in total. The number of fused-ring (bicyclic) bond motifs is 1. The van der Waals surface area contributed by atoms with Crippen LogP contribution in [0.4, 0.5) is 0 Å². The van der Waals surface area contributed by atoms with E-state index in [2.05, 4.69) is 25.4 Å². The van der Waals surface area contributed by atoms with Gasteiger partial charge in [-0.15, -0.1) is 5.10 Å². The predicted molar refractivity (Wildman–Crippen MR) is 137 cm³/mol. The van der Waals surface area contributed by atoms with Gasteiger partial charge in [0.2, 0.25) is 0 Å². The minimum absolute atomic E-state index is 0.0956. The zero-order valence-corrected chi connectivity index (χ0v) is 20.8. The normalized spacial score (nSPS) is 14.1. The zero-order chi connectivity index (χ0) is 24.9. The Hall–Kier alpha value is -3.72. The number of tetrazole rings is 1. The maximum atomic E-state index is 13.0. The number of benzene rings is 2. The van der Waals surface area contributed by atoms with E-state index in [4.69, 9.17) is 9.47 Å². The van der Waals surface area contributed by atoms with Gasteiger partial charge in [0.1, 0.15) is 11.5 Å². The fourth-order valence-corrected chi connectivity index (χ4v) is 4.95. The van der Waals surface area contributed by atoms with Gasteiger partial charge in [0, 0.05) is 29.6 Å². The number of aromatic amines is 1. The summed E-state index contributed by atoms with van der Waals surface area (Å²) in [5.74, 6) is 2.42. The average molecular weight is 489 g/mol. The van der Waals surface area contributed by atoms with E-state index < -0.39 is 0 Å². The number of nitrogens with one attached hydrogen (secondary N) is 1. The lowest BCUT2D eigenvalue weighted by Crippen LogP contribution is -2.28. The van der Waals surface area contributed by atoms with Crippen molar-refractivity contribution in [2.75, 3.05) is 13.7 Å². The maximum absolute atomic E-state index is 13.0. The van der Waals surface area contributed by atoms with Gasteiger partial charge in [-0.05, 0) is 72.2 Å². The van der Waals surface area contributed by atoms with Crippen LogP contribution in [0.15, 0.2) is 53.3 Å². The number of rotatable bonds is 10. The number of hydrogen-bond acceptors (Lipinski definition) is 7. The number of H-pyrrole nitrogens is 1. The Kier molecular flexibility index (Phi) is 7.27. The molecule has 2 aromatic heterocycles. The van der Waals surface area contributed by atoms with Crippen LogP contribution in [0, 0.1) is 0 Å². The number of aromatic nitrogens is 5. The number of hydrogen-bond donors (Lipinski definition) is 1. The molecule has 4 aromatic rings. The van der Waals surface area contributed by atoms with Crippen LogP contribution in [-0.4, -0.2) is 43.8 Å². The molecule has 1 N–H and O–H groups in total.